The van der Waals surface area contributed by atoms with Crippen LogP contribution >= 0.6 is 8.53 Å². The first-order chi connectivity index (χ1) is 1.73. The second-order valence-corrected chi connectivity index (χ2v) is 0.961. The summed E-state index contributed by atoms with van der Waals surface area (Å²) < 4.78 is 0. The fourth-order valence-corrected chi connectivity index (χ4v) is 0. The van der Waals surface area contributed by atoms with E-state index in [0.29, 0.717) is 0 Å². The molecular formula is H4NO2P. The molecule has 0 saturated heterocycles. The Labute approximate surface area is 25.0 Å². The third-order valence-corrected chi connectivity index (χ3v) is 0. The minimum atomic E-state index is -2.12. The van der Waals surface area contributed by atoms with Crippen LogP contribution in [-0.2, 0) is 0 Å². The predicted molar refractivity (Wildman–Crippen MR) is 15.5 cm³/mol. The van der Waals surface area contributed by atoms with Gasteiger partial charge in [-0.25, -0.2) is 0 Å². The molecular weight excluding hydrogens is 77.0 g/mol. The van der Waals surface area contributed by atoms with Crippen molar-refractivity contribution in [3.05, 3.63) is 0 Å². The van der Waals surface area contributed by atoms with E-state index < -0.39 is 8.53 Å². The van der Waals surface area contributed by atoms with Crippen molar-refractivity contribution in [1.29, 1.82) is 0 Å². The molecule has 3 nitrogen and oxygen atoms in total. The van der Waals surface area contributed by atoms with Crippen molar-refractivity contribution in [1.82, 2.24) is 0 Å². The van der Waals surface area contributed by atoms with E-state index in [1.165, 1.54) is 0 Å². The molecule has 0 saturated carbocycles. The minimum Gasteiger partial charge on any atom is -0.338 e. The zero-order valence-corrected chi connectivity index (χ0v) is 2.81. The standard InChI is InChI=1S/H4NO2P/c1-4(2)3/h2-3H,1H2. The molecule has 0 rings (SSSR count). The Kier molecular flexibility index (Phi) is 1.74. The molecule has 4 N–H and O–H groups in total. The minimum absolute atomic E-state index is 2.12. The Hall–Kier alpha value is 0.310. The van der Waals surface area contributed by atoms with Gasteiger partial charge in [-0.2, -0.15) is 0 Å². The third kappa shape index (κ3) is 41.3. The maximum atomic E-state index is 7.45. The molecule has 4 heteroatoms. The number of hydrogen-bond donors (Lipinski definition) is 3. The summed E-state index contributed by atoms with van der Waals surface area (Å²) in [7, 11) is -2.12. The topological polar surface area (TPSA) is 66.5 Å². The second-order valence-electron chi connectivity index (χ2n) is 0.320. The highest BCUT2D eigenvalue weighted by Crippen LogP contribution is 2.05. The molecule has 0 unspecified atom stereocenters. The molecule has 0 aliphatic rings. The molecule has 0 aromatic carbocycles. The molecule has 0 heterocycles. The second kappa shape index (κ2) is 1.61. The van der Waals surface area contributed by atoms with Crippen molar-refractivity contribution in [3.63, 3.8) is 0 Å². The molecule has 4 heavy (non-hydrogen) atoms. The monoisotopic (exact) mass is 81.0 g/mol. The van der Waals surface area contributed by atoms with Crippen LogP contribution in [0.15, 0.2) is 0 Å². The first-order valence-corrected chi connectivity index (χ1v) is 1.97. The number of hydrogen-bond acceptors (Lipinski definition) is 3. The molecule has 0 bridgehead atoms. The lowest BCUT2D eigenvalue weighted by atomic mass is 13.9. The molecule has 0 atom stereocenters. The van der Waals surface area contributed by atoms with E-state index in [0.717, 1.165) is 0 Å². The van der Waals surface area contributed by atoms with Crippen LogP contribution in [0.2, 0.25) is 0 Å². The van der Waals surface area contributed by atoms with Gasteiger partial charge in [0.1, 0.15) is 0 Å². The van der Waals surface area contributed by atoms with Gasteiger partial charge in [0.2, 0.25) is 8.53 Å². The van der Waals surface area contributed by atoms with Crippen molar-refractivity contribution in [2.75, 3.05) is 0 Å². The molecule has 0 spiro atoms. The first-order valence-electron chi connectivity index (χ1n) is 0.658. The summed E-state index contributed by atoms with van der Waals surface area (Å²) in [6.45, 7) is 0. The van der Waals surface area contributed by atoms with Crippen LogP contribution < -0.4 is 5.50 Å². The average Bonchev–Trinajstić information content (AvgIpc) is 0.811. The normalized spacial score (nSPS) is 9.00. The van der Waals surface area contributed by atoms with E-state index in [2.05, 4.69) is 5.50 Å². The Balaban J connectivity index is 2.32. The highest BCUT2D eigenvalue weighted by Gasteiger charge is 1.72. The molecule has 0 aromatic rings. The van der Waals surface area contributed by atoms with E-state index in [-0.39, 0.29) is 0 Å². The maximum absolute atomic E-state index is 7.45. The quantitative estimate of drug-likeness (QED) is 0.333. The lowest BCUT2D eigenvalue weighted by molar-refractivity contribution is 0.485. The van der Waals surface area contributed by atoms with Gasteiger partial charge < -0.3 is 9.79 Å². The SMILES string of the molecule is NP(O)O. The summed E-state index contributed by atoms with van der Waals surface area (Å²) >= 11 is 0. The summed E-state index contributed by atoms with van der Waals surface area (Å²) in [5, 5.41) is 0. The predicted octanol–water partition coefficient (Wildman–Crippen LogP) is -0.843. The highest BCUT2D eigenvalue weighted by molar-refractivity contribution is 7.42. The van der Waals surface area contributed by atoms with E-state index in [9.17, 15) is 0 Å². The molecule has 0 aliphatic heterocycles. The lowest BCUT2D eigenvalue weighted by Crippen LogP contribution is -1.78. The van der Waals surface area contributed by atoms with Crippen molar-refractivity contribution in [3.8, 4) is 0 Å². The Bertz CT molecular complexity index is 10.8. The molecule has 0 aromatic heterocycles. The number of nitrogens with two attached hydrogens (primary N) is 1. The van der Waals surface area contributed by atoms with E-state index in [1.807, 2.05) is 0 Å². The van der Waals surface area contributed by atoms with Crippen LogP contribution in [0.4, 0.5) is 0 Å². The van der Waals surface area contributed by atoms with Crippen LogP contribution in [0.1, 0.15) is 0 Å². The molecule has 0 radical (unpaired) electrons. The molecule has 0 aliphatic carbocycles. The smallest absolute Gasteiger partial charge is 0.247 e. The maximum Gasteiger partial charge on any atom is 0.247 e. The van der Waals surface area contributed by atoms with Crippen molar-refractivity contribution < 1.29 is 9.79 Å². The largest absolute Gasteiger partial charge is 0.338 e. The zero-order valence-electron chi connectivity index (χ0n) is 1.92. The first kappa shape index (κ1) is 4.31. The highest BCUT2D eigenvalue weighted by atomic mass is 31.2. The van der Waals surface area contributed by atoms with Crippen molar-refractivity contribution in [2.45, 2.75) is 0 Å². The van der Waals surface area contributed by atoms with Gasteiger partial charge in [-0.05, 0) is 0 Å². The summed E-state index contributed by atoms with van der Waals surface area (Å²) in [5.74, 6) is 0. The summed E-state index contributed by atoms with van der Waals surface area (Å²) in [4.78, 5) is 14.9. The van der Waals surface area contributed by atoms with Crippen LogP contribution in [0.3, 0.4) is 0 Å². The zero-order chi connectivity index (χ0) is 3.58. The average molecular weight is 81.0 g/mol. The Morgan fingerprint density at radius 1 is 1.50 bits per heavy atom. The summed E-state index contributed by atoms with van der Waals surface area (Å²) in [6.07, 6.45) is 0. The van der Waals surface area contributed by atoms with Crippen LogP contribution in [0.25, 0.3) is 0 Å². The summed E-state index contributed by atoms with van der Waals surface area (Å²) in [5.41, 5.74) is 4.29. The van der Waals surface area contributed by atoms with Crippen molar-refractivity contribution >= 4 is 8.53 Å². The van der Waals surface area contributed by atoms with Gasteiger partial charge in [-0.1, -0.05) is 0 Å². The lowest BCUT2D eigenvalue weighted by Gasteiger charge is -1.79. The van der Waals surface area contributed by atoms with Gasteiger partial charge in [-0.15, -0.1) is 0 Å². The van der Waals surface area contributed by atoms with Gasteiger partial charge in [0.05, 0.1) is 0 Å². The van der Waals surface area contributed by atoms with E-state index in [1.54, 1.807) is 0 Å². The summed E-state index contributed by atoms with van der Waals surface area (Å²) in [6, 6.07) is 0. The molecule has 26 valence electrons. The van der Waals surface area contributed by atoms with Gasteiger partial charge in [0.15, 0.2) is 0 Å². The van der Waals surface area contributed by atoms with Gasteiger partial charge >= 0.3 is 0 Å². The van der Waals surface area contributed by atoms with Gasteiger partial charge in [0.25, 0.3) is 0 Å². The van der Waals surface area contributed by atoms with E-state index >= 15 is 0 Å². The molecule has 0 fully saturated rings. The van der Waals surface area contributed by atoms with E-state index in [4.69, 9.17) is 9.79 Å². The van der Waals surface area contributed by atoms with Crippen LogP contribution in [0.5, 0.6) is 0 Å². The van der Waals surface area contributed by atoms with Gasteiger partial charge in [0, 0.05) is 0 Å². The fraction of sp³-hybridized carbons (Fsp3) is 0. The Morgan fingerprint density at radius 3 is 1.50 bits per heavy atom. The Morgan fingerprint density at radius 2 is 1.50 bits per heavy atom. The third-order valence-electron chi connectivity index (χ3n) is 0. The van der Waals surface area contributed by atoms with Crippen LogP contribution in [-0.4, -0.2) is 9.79 Å². The van der Waals surface area contributed by atoms with Crippen molar-refractivity contribution in [2.24, 2.45) is 5.50 Å². The number of rotatable bonds is 0. The molecule has 0 amide bonds. The van der Waals surface area contributed by atoms with Gasteiger partial charge in [-0.3, -0.25) is 5.50 Å². The fourth-order valence-electron chi connectivity index (χ4n) is 0. The van der Waals surface area contributed by atoms with Crippen LogP contribution in [0, 0.1) is 0 Å².